The number of likely N-dealkylation sites (tertiary alicyclic amines) is 1. The van der Waals surface area contributed by atoms with Gasteiger partial charge in [-0.05, 0) is 19.3 Å². The molecule has 20 heavy (non-hydrogen) atoms. The molecule has 1 fully saturated rings. The maximum Gasteiger partial charge on any atom is 0.329 e. The van der Waals surface area contributed by atoms with Crippen LogP contribution < -0.4 is 0 Å². The summed E-state index contributed by atoms with van der Waals surface area (Å²) < 4.78 is 5.30. The van der Waals surface area contributed by atoms with Gasteiger partial charge in [-0.3, -0.25) is 0 Å². The van der Waals surface area contributed by atoms with Crippen LogP contribution in [0.4, 0.5) is 4.79 Å². The molecule has 1 rings (SSSR count). The highest BCUT2D eigenvalue weighted by Crippen LogP contribution is 2.28. The minimum atomic E-state index is -0.991. The first kappa shape index (κ1) is 16.8. The number of hydrogen-bond donors (Lipinski definition) is 1. The third kappa shape index (κ3) is 3.85. The number of carbonyl (C=O) groups excluding carboxylic acids is 1. The fraction of sp³-hybridized carbons (Fsp3) is 0.857. The Labute approximate surface area is 120 Å². The Balaban J connectivity index is 2.51. The molecule has 0 spiro atoms. The number of carboxylic acids is 1. The van der Waals surface area contributed by atoms with Crippen LogP contribution >= 0.6 is 0 Å². The van der Waals surface area contributed by atoms with Crippen molar-refractivity contribution < 1.29 is 19.4 Å². The standard InChI is InChI=1S/C14H26N2O4/c1-10(13(2,3)4)15(6)12(19)16-8-14(5,9-16)20-7-11(17)18/h10H,7-9H2,1-6H3,(H,17,18). The molecule has 1 saturated heterocycles. The number of carboxylic acid groups (broad SMARTS) is 1. The first-order valence-electron chi connectivity index (χ1n) is 6.84. The van der Waals surface area contributed by atoms with Gasteiger partial charge in [0.2, 0.25) is 0 Å². The Morgan fingerprint density at radius 2 is 1.90 bits per heavy atom. The average molecular weight is 286 g/mol. The van der Waals surface area contributed by atoms with Gasteiger partial charge in [-0.25, -0.2) is 9.59 Å². The number of hydrogen-bond acceptors (Lipinski definition) is 3. The summed E-state index contributed by atoms with van der Waals surface area (Å²) in [5.74, 6) is -0.991. The number of amides is 2. The first-order chi connectivity index (χ1) is 8.96. The molecule has 6 heteroatoms. The minimum absolute atomic E-state index is 0.0123. The summed E-state index contributed by atoms with van der Waals surface area (Å²) in [7, 11) is 1.80. The molecule has 1 aliphatic heterocycles. The van der Waals surface area contributed by atoms with E-state index in [1.54, 1.807) is 16.8 Å². The van der Waals surface area contributed by atoms with Crippen molar-refractivity contribution in [2.75, 3.05) is 26.7 Å². The fourth-order valence-corrected chi connectivity index (χ4v) is 2.19. The van der Waals surface area contributed by atoms with Crippen LogP contribution in [0.15, 0.2) is 0 Å². The van der Waals surface area contributed by atoms with E-state index in [-0.39, 0.29) is 24.1 Å². The summed E-state index contributed by atoms with van der Waals surface area (Å²) >= 11 is 0. The third-order valence-corrected chi connectivity index (χ3v) is 4.00. The molecule has 0 bridgehead atoms. The lowest BCUT2D eigenvalue weighted by molar-refractivity contribution is -0.160. The van der Waals surface area contributed by atoms with Gasteiger partial charge in [-0.2, -0.15) is 0 Å². The van der Waals surface area contributed by atoms with Crippen LogP contribution in [0.2, 0.25) is 0 Å². The third-order valence-electron chi connectivity index (χ3n) is 4.00. The van der Waals surface area contributed by atoms with E-state index in [4.69, 9.17) is 9.84 Å². The molecule has 1 N–H and O–H groups in total. The molecule has 0 aromatic heterocycles. The normalized spacial score (nSPS) is 19.2. The van der Waals surface area contributed by atoms with Crippen LogP contribution in [0.3, 0.4) is 0 Å². The van der Waals surface area contributed by atoms with E-state index in [0.717, 1.165) is 0 Å². The van der Waals surface area contributed by atoms with Crippen LogP contribution in [0, 0.1) is 5.41 Å². The van der Waals surface area contributed by atoms with Crippen LogP contribution in [0.5, 0.6) is 0 Å². The molecular formula is C14H26N2O4. The van der Waals surface area contributed by atoms with Gasteiger partial charge in [-0.1, -0.05) is 20.8 Å². The van der Waals surface area contributed by atoms with E-state index < -0.39 is 11.6 Å². The number of aliphatic carboxylic acids is 1. The van der Waals surface area contributed by atoms with Gasteiger partial charge >= 0.3 is 12.0 Å². The molecule has 1 heterocycles. The summed E-state index contributed by atoms with van der Waals surface area (Å²) in [4.78, 5) is 26.2. The van der Waals surface area contributed by atoms with Crippen molar-refractivity contribution in [1.82, 2.24) is 9.80 Å². The Morgan fingerprint density at radius 3 is 2.30 bits per heavy atom. The smallest absolute Gasteiger partial charge is 0.329 e. The Morgan fingerprint density at radius 1 is 1.40 bits per heavy atom. The molecular weight excluding hydrogens is 260 g/mol. The zero-order valence-corrected chi connectivity index (χ0v) is 13.3. The van der Waals surface area contributed by atoms with Gasteiger partial charge in [0.1, 0.15) is 12.2 Å². The zero-order chi connectivity index (χ0) is 15.7. The summed E-state index contributed by atoms with van der Waals surface area (Å²) in [6.45, 7) is 10.7. The molecule has 0 radical (unpaired) electrons. The molecule has 1 atom stereocenters. The molecule has 2 amide bonds. The quantitative estimate of drug-likeness (QED) is 0.853. The number of urea groups is 1. The largest absolute Gasteiger partial charge is 0.480 e. The lowest BCUT2D eigenvalue weighted by Gasteiger charge is -2.49. The van der Waals surface area contributed by atoms with E-state index >= 15 is 0 Å². The molecule has 1 aliphatic rings. The van der Waals surface area contributed by atoms with Gasteiger partial charge in [-0.15, -0.1) is 0 Å². The molecule has 0 aromatic carbocycles. The number of nitrogens with zero attached hydrogens (tertiary/aromatic N) is 2. The highest BCUT2D eigenvalue weighted by Gasteiger charge is 2.44. The lowest BCUT2D eigenvalue weighted by Crippen LogP contribution is -2.66. The van der Waals surface area contributed by atoms with E-state index in [0.29, 0.717) is 13.1 Å². The van der Waals surface area contributed by atoms with Gasteiger partial charge in [0, 0.05) is 13.1 Å². The van der Waals surface area contributed by atoms with Crippen molar-refractivity contribution in [3.05, 3.63) is 0 Å². The van der Waals surface area contributed by atoms with Crippen molar-refractivity contribution >= 4 is 12.0 Å². The second-order valence-corrected chi connectivity index (χ2v) is 6.92. The van der Waals surface area contributed by atoms with E-state index in [9.17, 15) is 9.59 Å². The summed E-state index contributed by atoms with van der Waals surface area (Å²) in [5, 5.41) is 8.61. The van der Waals surface area contributed by atoms with Crippen molar-refractivity contribution in [3.63, 3.8) is 0 Å². The van der Waals surface area contributed by atoms with E-state index in [1.807, 2.05) is 13.8 Å². The molecule has 1 unspecified atom stereocenters. The van der Waals surface area contributed by atoms with Crippen molar-refractivity contribution in [2.45, 2.75) is 46.3 Å². The highest BCUT2D eigenvalue weighted by atomic mass is 16.5. The van der Waals surface area contributed by atoms with Crippen LogP contribution in [0.25, 0.3) is 0 Å². The second-order valence-electron chi connectivity index (χ2n) is 6.92. The number of carbonyl (C=O) groups is 2. The topological polar surface area (TPSA) is 70.1 Å². The Kier molecular flexibility index (Phi) is 4.69. The first-order valence-corrected chi connectivity index (χ1v) is 6.84. The predicted octanol–water partition coefficient (Wildman–Crippen LogP) is 1.65. The van der Waals surface area contributed by atoms with Crippen LogP contribution in [-0.4, -0.2) is 65.3 Å². The van der Waals surface area contributed by atoms with Gasteiger partial charge in [0.05, 0.1) is 13.1 Å². The van der Waals surface area contributed by atoms with Gasteiger partial charge < -0.3 is 19.6 Å². The van der Waals surface area contributed by atoms with Gasteiger partial charge in [0.15, 0.2) is 0 Å². The molecule has 0 aliphatic carbocycles. The molecule has 6 nitrogen and oxygen atoms in total. The highest BCUT2D eigenvalue weighted by molar-refractivity contribution is 5.76. The van der Waals surface area contributed by atoms with Crippen LogP contribution in [-0.2, 0) is 9.53 Å². The average Bonchev–Trinajstić information content (AvgIpc) is 2.29. The van der Waals surface area contributed by atoms with E-state index in [1.165, 1.54) is 0 Å². The lowest BCUT2D eigenvalue weighted by atomic mass is 9.87. The predicted molar refractivity (Wildman–Crippen MR) is 75.6 cm³/mol. The van der Waals surface area contributed by atoms with Crippen molar-refractivity contribution in [2.24, 2.45) is 5.41 Å². The number of ether oxygens (including phenoxy) is 1. The number of rotatable bonds is 4. The minimum Gasteiger partial charge on any atom is -0.480 e. The second kappa shape index (κ2) is 5.60. The summed E-state index contributed by atoms with van der Waals surface area (Å²) in [6, 6.07) is 0.0746. The van der Waals surface area contributed by atoms with Crippen LogP contribution in [0.1, 0.15) is 34.6 Å². The monoisotopic (exact) mass is 286 g/mol. The molecule has 0 aromatic rings. The van der Waals surface area contributed by atoms with Gasteiger partial charge in [0.25, 0.3) is 0 Å². The molecule has 116 valence electrons. The summed E-state index contributed by atoms with van der Waals surface area (Å²) in [5.41, 5.74) is -0.530. The summed E-state index contributed by atoms with van der Waals surface area (Å²) in [6.07, 6.45) is 0. The Bertz CT molecular complexity index is 383. The zero-order valence-electron chi connectivity index (χ0n) is 13.3. The molecule has 0 saturated carbocycles. The van der Waals surface area contributed by atoms with Crippen molar-refractivity contribution in [3.8, 4) is 0 Å². The van der Waals surface area contributed by atoms with E-state index in [2.05, 4.69) is 20.8 Å². The SMILES string of the molecule is CC(N(C)C(=O)N1CC(C)(OCC(=O)O)C1)C(C)(C)C. The maximum atomic E-state index is 12.3. The van der Waals surface area contributed by atoms with Crippen molar-refractivity contribution in [1.29, 1.82) is 0 Å². The fourth-order valence-electron chi connectivity index (χ4n) is 2.19. The maximum absolute atomic E-state index is 12.3. The Hall–Kier alpha value is -1.30.